The van der Waals surface area contributed by atoms with Gasteiger partial charge in [-0.25, -0.2) is 9.37 Å². The van der Waals surface area contributed by atoms with Gasteiger partial charge in [-0.1, -0.05) is 0 Å². The van der Waals surface area contributed by atoms with E-state index >= 15 is 0 Å². The molecule has 18 heavy (non-hydrogen) atoms. The van der Waals surface area contributed by atoms with E-state index in [1.807, 2.05) is 13.8 Å². The lowest BCUT2D eigenvalue weighted by Gasteiger charge is -2.00. The predicted molar refractivity (Wildman–Crippen MR) is 75.4 cm³/mol. The molecule has 96 valence electrons. The van der Waals surface area contributed by atoms with Crippen molar-refractivity contribution in [2.45, 2.75) is 30.5 Å². The maximum Gasteiger partial charge on any atom is 0.123 e. The van der Waals surface area contributed by atoms with Crippen LogP contribution in [0, 0.1) is 12.7 Å². The lowest BCUT2D eigenvalue weighted by atomic mass is 10.2. The zero-order valence-electron chi connectivity index (χ0n) is 10.3. The van der Waals surface area contributed by atoms with Gasteiger partial charge in [0.15, 0.2) is 0 Å². The number of aryl methyl sites for hydroxylation is 1. The van der Waals surface area contributed by atoms with E-state index in [2.05, 4.69) is 4.98 Å². The largest absolute Gasteiger partial charge is 0.323 e. The molecule has 1 aromatic carbocycles. The normalized spacial score (nSPS) is 12.7. The third-order valence-electron chi connectivity index (χ3n) is 2.47. The van der Waals surface area contributed by atoms with Crippen molar-refractivity contribution in [2.75, 3.05) is 0 Å². The van der Waals surface area contributed by atoms with Gasteiger partial charge in [-0.3, -0.25) is 0 Å². The molecular weight excluding hydrogens is 267 g/mol. The number of thiazole rings is 1. The molecule has 2 aromatic rings. The molecule has 0 fully saturated rings. The Morgan fingerprint density at radius 3 is 2.61 bits per heavy atom. The van der Waals surface area contributed by atoms with Crippen LogP contribution < -0.4 is 5.73 Å². The predicted octanol–water partition coefficient (Wildman–Crippen LogP) is 3.90. The SMILES string of the molecule is Cc1nc(CSc2ccc(F)cc2)sc1C(C)N. The standard InChI is InChI=1S/C13H15FN2S2/c1-8(15)13-9(2)16-12(18-13)7-17-11-5-3-10(14)4-6-11/h3-6,8H,7,15H2,1-2H3. The van der Waals surface area contributed by atoms with Crippen molar-refractivity contribution in [3.8, 4) is 0 Å². The van der Waals surface area contributed by atoms with Crippen molar-refractivity contribution in [1.29, 1.82) is 0 Å². The van der Waals surface area contributed by atoms with Gasteiger partial charge in [-0.2, -0.15) is 0 Å². The lowest BCUT2D eigenvalue weighted by Crippen LogP contribution is -2.03. The van der Waals surface area contributed by atoms with E-state index in [0.29, 0.717) is 0 Å². The topological polar surface area (TPSA) is 38.9 Å². The highest BCUT2D eigenvalue weighted by Crippen LogP contribution is 2.29. The monoisotopic (exact) mass is 282 g/mol. The van der Waals surface area contributed by atoms with Crippen molar-refractivity contribution in [2.24, 2.45) is 5.73 Å². The number of rotatable bonds is 4. The van der Waals surface area contributed by atoms with Crippen molar-refractivity contribution < 1.29 is 4.39 Å². The third kappa shape index (κ3) is 3.31. The van der Waals surface area contributed by atoms with Crippen LogP contribution in [0.1, 0.15) is 28.5 Å². The van der Waals surface area contributed by atoms with Crippen molar-refractivity contribution in [3.63, 3.8) is 0 Å². The second-order valence-corrected chi connectivity index (χ2v) is 6.25. The van der Waals surface area contributed by atoms with Gasteiger partial charge in [0.25, 0.3) is 0 Å². The molecule has 2 rings (SSSR count). The van der Waals surface area contributed by atoms with Gasteiger partial charge in [0.1, 0.15) is 10.8 Å². The zero-order chi connectivity index (χ0) is 13.1. The van der Waals surface area contributed by atoms with Crippen molar-refractivity contribution in [3.05, 3.63) is 45.7 Å². The van der Waals surface area contributed by atoms with Gasteiger partial charge in [0.2, 0.25) is 0 Å². The fraction of sp³-hybridized carbons (Fsp3) is 0.308. The third-order valence-corrected chi connectivity index (χ3v) is 5.03. The number of benzene rings is 1. The van der Waals surface area contributed by atoms with Crippen LogP contribution in [0.4, 0.5) is 4.39 Å². The molecule has 1 heterocycles. The van der Waals surface area contributed by atoms with Crippen LogP contribution in [0.15, 0.2) is 29.2 Å². The Kier molecular flexibility index (Phi) is 4.37. The molecule has 2 nitrogen and oxygen atoms in total. The molecule has 5 heteroatoms. The van der Waals surface area contributed by atoms with Crippen molar-refractivity contribution >= 4 is 23.1 Å². The number of nitrogens with zero attached hydrogens (tertiary/aromatic N) is 1. The van der Waals surface area contributed by atoms with Crippen LogP contribution in [-0.4, -0.2) is 4.98 Å². The minimum atomic E-state index is -0.205. The summed E-state index contributed by atoms with van der Waals surface area (Å²) in [6.07, 6.45) is 0. The second-order valence-electron chi connectivity index (χ2n) is 4.09. The Morgan fingerprint density at radius 1 is 1.39 bits per heavy atom. The maximum absolute atomic E-state index is 12.8. The minimum absolute atomic E-state index is 0.0343. The number of hydrogen-bond donors (Lipinski definition) is 1. The Labute approximate surface area is 114 Å². The highest BCUT2D eigenvalue weighted by Gasteiger charge is 2.11. The van der Waals surface area contributed by atoms with E-state index < -0.39 is 0 Å². The van der Waals surface area contributed by atoms with Gasteiger partial charge in [-0.15, -0.1) is 23.1 Å². The summed E-state index contributed by atoms with van der Waals surface area (Å²) < 4.78 is 12.8. The number of halogens is 1. The molecule has 1 aromatic heterocycles. The van der Waals surface area contributed by atoms with E-state index in [9.17, 15) is 4.39 Å². The minimum Gasteiger partial charge on any atom is -0.323 e. The molecule has 0 spiro atoms. The van der Waals surface area contributed by atoms with Gasteiger partial charge < -0.3 is 5.73 Å². The molecule has 0 aliphatic carbocycles. The van der Waals surface area contributed by atoms with Crippen LogP contribution in [0.2, 0.25) is 0 Å². The summed E-state index contributed by atoms with van der Waals surface area (Å²) >= 11 is 3.32. The summed E-state index contributed by atoms with van der Waals surface area (Å²) in [5.41, 5.74) is 6.89. The Bertz CT molecular complexity index is 520. The smallest absolute Gasteiger partial charge is 0.123 e. The molecule has 0 saturated carbocycles. The van der Waals surface area contributed by atoms with Gasteiger partial charge in [0.05, 0.1) is 11.4 Å². The van der Waals surface area contributed by atoms with Crippen LogP contribution >= 0.6 is 23.1 Å². The number of thioether (sulfide) groups is 1. The number of hydrogen-bond acceptors (Lipinski definition) is 4. The first kappa shape index (κ1) is 13.5. The molecular formula is C13H15FN2S2. The first-order valence-corrected chi connectivity index (χ1v) is 7.46. The summed E-state index contributed by atoms with van der Waals surface area (Å²) in [6.45, 7) is 3.96. The van der Waals surface area contributed by atoms with E-state index in [0.717, 1.165) is 26.2 Å². The molecule has 0 aliphatic heterocycles. The average molecular weight is 282 g/mol. The average Bonchev–Trinajstić information content (AvgIpc) is 2.70. The molecule has 2 N–H and O–H groups in total. The summed E-state index contributed by atoms with van der Waals surface area (Å²) in [4.78, 5) is 6.70. The number of aromatic nitrogens is 1. The molecule has 0 radical (unpaired) electrons. The Hall–Kier alpha value is -0.910. The Balaban J connectivity index is 2.02. The van der Waals surface area contributed by atoms with Crippen LogP contribution in [0.25, 0.3) is 0 Å². The molecule has 1 unspecified atom stereocenters. The molecule has 0 aliphatic rings. The summed E-state index contributed by atoms with van der Waals surface area (Å²) in [5.74, 6) is 0.591. The summed E-state index contributed by atoms with van der Waals surface area (Å²) in [5, 5.41) is 1.06. The molecule has 0 bridgehead atoms. The maximum atomic E-state index is 12.8. The van der Waals surface area contributed by atoms with Crippen LogP contribution in [0.3, 0.4) is 0 Å². The molecule has 1 atom stereocenters. The zero-order valence-corrected chi connectivity index (χ0v) is 11.9. The van der Waals surface area contributed by atoms with Crippen LogP contribution in [0.5, 0.6) is 0 Å². The van der Waals surface area contributed by atoms with Gasteiger partial charge >= 0.3 is 0 Å². The molecule has 0 saturated heterocycles. The van der Waals surface area contributed by atoms with E-state index in [1.165, 1.54) is 12.1 Å². The van der Waals surface area contributed by atoms with E-state index in [1.54, 1.807) is 35.2 Å². The van der Waals surface area contributed by atoms with E-state index in [-0.39, 0.29) is 11.9 Å². The van der Waals surface area contributed by atoms with Crippen LogP contribution in [-0.2, 0) is 5.75 Å². The summed E-state index contributed by atoms with van der Waals surface area (Å²) in [7, 11) is 0. The first-order chi connectivity index (χ1) is 8.56. The lowest BCUT2D eigenvalue weighted by molar-refractivity contribution is 0.626. The fourth-order valence-corrected chi connectivity index (χ4v) is 3.54. The van der Waals surface area contributed by atoms with Crippen molar-refractivity contribution in [1.82, 2.24) is 4.98 Å². The second kappa shape index (κ2) is 5.82. The first-order valence-electron chi connectivity index (χ1n) is 5.66. The Morgan fingerprint density at radius 2 is 2.06 bits per heavy atom. The van der Waals surface area contributed by atoms with E-state index in [4.69, 9.17) is 5.73 Å². The quantitative estimate of drug-likeness (QED) is 0.864. The summed E-state index contributed by atoms with van der Waals surface area (Å²) in [6, 6.07) is 6.55. The van der Waals surface area contributed by atoms with Gasteiger partial charge in [0, 0.05) is 15.8 Å². The number of nitrogens with two attached hydrogens (primary N) is 1. The molecule has 0 amide bonds. The highest BCUT2D eigenvalue weighted by molar-refractivity contribution is 7.98. The fourth-order valence-electron chi connectivity index (χ4n) is 1.63. The van der Waals surface area contributed by atoms with Gasteiger partial charge in [-0.05, 0) is 38.1 Å². The highest BCUT2D eigenvalue weighted by atomic mass is 32.2.